The smallest absolute Gasteiger partial charge is 0.387 e. The Morgan fingerprint density at radius 3 is 2.22 bits per heavy atom. The molecular weight excluding hydrogens is 254 g/mol. The Bertz CT molecular complexity index is 397. The fourth-order valence-electron chi connectivity index (χ4n) is 1.64. The molecule has 0 aliphatic carbocycles. The van der Waals surface area contributed by atoms with Crippen LogP contribution in [0.3, 0.4) is 0 Å². The lowest BCUT2D eigenvalue weighted by Gasteiger charge is -2.23. The molecule has 0 aliphatic heterocycles. The highest BCUT2D eigenvalue weighted by Gasteiger charge is 2.21. The maximum absolute atomic E-state index is 12.4. The van der Waals surface area contributed by atoms with Gasteiger partial charge in [0.05, 0.1) is 0 Å². The molecule has 0 fully saturated rings. The van der Waals surface area contributed by atoms with Crippen molar-refractivity contribution in [3.63, 3.8) is 0 Å². The van der Waals surface area contributed by atoms with Crippen molar-refractivity contribution in [2.45, 2.75) is 56.8 Å². The van der Waals surface area contributed by atoms with Crippen molar-refractivity contribution < 1.29 is 13.5 Å². The highest BCUT2D eigenvalue weighted by Crippen LogP contribution is 2.36. The molecule has 0 heterocycles. The Morgan fingerprint density at radius 2 is 1.78 bits per heavy atom. The van der Waals surface area contributed by atoms with Crippen molar-refractivity contribution in [2.24, 2.45) is 0 Å². The van der Waals surface area contributed by atoms with E-state index in [1.807, 2.05) is 32.9 Å². The number of alkyl halides is 2. The van der Waals surface area contributed by atoms with E-state index in [1.165, 1.54) is 0 Å². The standard InChI is InChI=1S/C14H20F2OS/c1-9(2)18-10-6-7-12(17-13(15)16)11(8-10)14(3,4)5/h6-9,13H,1-5H3. The van der Waals surface area contributed by atoms with Crippen molar-refractivity contribution in [1.82, 2.24) is 0 Å². The SMILES string of the molecule is CC(C)Sc1ccc(OC(F)F)c(C(C)(C)C)c1. The molecule has 102 valence electrons. The molecule has 0 spiro atoms. The second kappa shape index (κ2) is 5.91. The first kappa shape index (κ1) is 15.3. The first-order valence-corrected chi connectivity index (χ1v) is 6.84. The molecule has 1 aromatic carbocycles. The summed E-state index contributed by atoms with van der Waals surface area (Å²) in [5.74, 6) is 0.269. The average molecular weight is 274 g/mol. The lowest BCUT2D eigenvalue weighted by atomic mass is 9.86. The van der Waals surface area contributed by atoms with Crippen LogP contribution >= 0.6 is 11.8 Å². The van der Waals surface area contributed by atoms with Crippen LogP contribution in [0.25, 0.3) is 0 Å². The van der Waals surface area contributed by atoms with E-state index >= 15 is 0 Å². The minimum atomic E-state index is -2.78. The van der Waals surface area contributed by atoms with E-state index in [-0.39, 0.29) is 11.2 Å². The molecule has 4 heteroatoms. The number of hydrogen-bond acceptors (Lipinski definition) is 2. The summed E-state index contributed by atoms with van der Waals surface area (Å²) in [6, 6.07) is 5.41. The third-order valence-corrected chi connectivity index (χ3v) is 3.34. The predicted molar refractivity (Wildman–Crippen MR) is 72.8 cm³/mol. The monoisotopic (exact) mass is 274 g/mol. The van der Waals surface area contributed by atoms with Crippen LogP contribution in [0.15, 0.2) is 23.1 Å². The molecule has 0 N–H and O–H groups in total. The van der Waals surface area contributed by atoms with Gasteiger partial charge < -0.3 is 4.74 Å². The van der Waals surface area contributed by atoms with Crippen LogP contribution in [-0.2, 0) is 5.41 Å². The van der Waals surface area contributed by atoms with Crippen molar-refractivity contribution in [2.75, 3.05) is 0 Å². The zero-order valence-corrected chi connectivity index (χ0v) is 12.3. The van der Waals surface area contributed by atoms with E-state index in [1.54, 1.807) is 17.8 Å². The van der Waals surface area contributed by atoms with Gasteiger partial charge in [-0.2, -0.15) is 8.78 Å². The molecule has 0 unspecified atom stereocenters. The topological polar surface area (TPSA) is 9.23 Å². The Kier molecular flexibility index (Phi) is 5.02. The minimum absolute atomic E-state index is 0.224. The van der Waals surface area contributed by atoms with E-state index in [0.29, 0.717) is 5.25 Å². The minimum Gasteiger partial charge on any atom is -0.435 e. The van der Waals surface area contributed by atoms with Crippen LogP contribution < -0.4 is 4.74 Å². The number of hydrogen-bond donors (Lipinski definition) is 0. The first-order chi connectivity index (χ1) is 8.20. The number of halogens is 2. The van der Waals surface area contributed by atoms with Gasteiger partial charge in [-0.25, -0.2) is 0 Å². The first-order valence-electron chi connectivity index (χ1n) is 5.96. The molecule has 0 aliphatic rings. The molecule has 0 radical (unpaired) electrons. The maximum Gasteiger partial charge on any atom is 0.387 e. The third-order valence-electron chi connectivity index (χ3n) is 2.35. The van der Waals surface area contributed by atoms with E-state index in [4.69, 9.17) is 0 Å². The molecule has 1 nitrogen and oxygen atoms in total. The normalized spacial score (nSPS) is 12.3. The van der Waals surface area contributed by atoms with Crippen LogP contribution in [0.4, 0.5) is 8.78 Å². The summed E-state index contributed by atoms with van der Waals surface area (Å²) in [5.41, 5.74) is 0.589. The van der Waals surface area contributed by atoms with Crippen LogP contribution in [0.1, 0.15) is 40.2 Å². The van der Waals surface area contributed by atoms with Gasteiger partial charge >= 0.3 is 6.61 Å². The van der Waals surface area contributed by atoms with Crippen LogP contribution in [0.2, 0.25) is 0 Å². The van der Waals surface area contributed by atoms with Crippen LogP contribution in [0.5, 0.6) is 5.75 Å². The quantitative estimate of drug-likeness (QED) is 0.708. The van der Waals surface area contributed by atoms with Gasteiger partial charge in [0, 0.05) is 15.7 Å². The van der Waals surface area contributed by atoms with Crippen molar-refractivity contribution in [3.05, 3.63) is 23.8 Å². The van der Waals surface area contributed by atoms with Gasteiger partial charge in [0.2, 0.25) is 0 Å². The largest absolute Gasteiger partial charge is 0.435 e. The molecule has 0 atom stereocenters. The Hall–Kier alpha value is -0.770. The third kappa shape index (κ3) is 4.48. The van der Waals surface area contributed by atoms with Gasteiger partial charge in [-0.15, -0.1) is 11.8 Å². The number of thioether (sulfide) groups is 1. The molecular formula is C14H20F2OS. The molecule has 1 aromatic rings. The van der Waals surface area contributed by atoms with Gasteiger partial charge in [-0.3, -0.25) is 0 Å². The fourth-order valence-corrected chi connectivity index (χ4v) is 2.52. The Labute approximate surface area is 112 Å². The predicted octanol–water partition coefficient (Wildman–Crippen LogP) is 5.09. The van der Waals surface area contributed by atoms with Crippen molar-refractivity contribution in [3.8, 4) is 5.75 Å². The lowest BCUT2D eigenvalue weighted by Crippen LogP contribution is -2.15. The van der Waals surface area contributed by atoms with E-state index in [0.717, 1.165) is 10.5 Å². The number of benzene rings is 1. The van der Waals surface area contributed by atoms with Gasteiger partial charge in [-0.1, -0.05) is 34.6 Å². The molecule has 18 heavy (non-hydrogen) atoms. The highest BCUT2D eigenvalue weighted by atomic mass is 32.2. The van der Waals surface area contributed by atoms with Gasteiger partial charge in [0.25, 0.3) is 0 Å². The van der Waals surface area contributed by atoms with Gasteiger partial charge in [0.1, 0.15) is 5.75 Å². The Balaban J connectivity index is 3.12. The average Bonchev–Trinajstić information content (AvgIpc) is 2.17. The molecule has 1 rings (SSSR count). The highest BCUT2D eigenvalue weighted by molar-refractivity contribution is 7.99. The van der Waals surface area contributed by atoms with Crippen LogP contribution in [-0.4, -0.2) is 11.9 Å². The second-order valence-corrected chi connectivity index (χ2v) is 7.10. The molecule has 0 saturated heterocycles. The fraction of sp³-hybridized carbons (Fsp3) is 0.571. The summed E-state index contributed by atoms with van der Waals surface area (Å²) in [4.78, 5) is 1.08. The van der Waals surface area contributed by atoms with Crippen molar-refractivity contribution >= 4 is 11.8 Å². The van der Waals surface area contributed by atoms with Crippen LogP contribution in [0, 0.1) is 0 Å². The van der Waals surface area contributed by atoms with Gasteiger partial charge in [-0.05, 0) is 23.6 Å². The Morgan fingerprint density at radius 1 is 1.17 bits per heavy atom. The number of ether oxygens (including phenoxy) is 1. The zero-order valence-electron chi connectivity index (χ0n) is 11.5. The van der Waals surface area contributed by atoms with Crippen molar-refractivity contribution in [1.29, 1.82) is 0 Å². The number of rotatable bonds is 4. The summed E-state index contributed by atoms with van der Waals surface area (Å²) in [5, 5.41) is 0.458. The van der Waals surface area contributed by atoms with Gasteiger partial charge in [0.15, 0.2) is 0 Å². The van der Waals surface area contributed by atoms with E-state index in [9.17, 15) is 8.78 Å². The summed E-state index contributed by atoms with van der Waals surface area (Å²) in [6.45, 7) is 7.39. The summed E-state index contributed by atoms with van der Waals surface area (Å²) < 4.78 is 29.3. The van der Waals surface area contributed by atoms with E-state index in [2.05, 4.69) is 18.6 Å². The summed E-state index contributed by atoms with van der Waals surface area (Å²) >= 11 is 1.71. The molecule has 0 amide bonds. The second-order valence-electron chi connectivity index (χ2n) is 5.45. The lowest BCUT2D eigenvalue weighted by molar-refractivity contribution is -0.0509. The molecule has 0 aromatic heterocycles. The van der Waals surface area contributed by atoms with E-state index < -0.39 is 6.61 Å². The zero-order chi connectivity index (χ0) is 13.9. The molecule has 0 bridgehead atoms. The maximum atomic E-state index is 12.4. The summed E-state index contributed by atoms with van der Waals surface area (Å²) in [6.07, 6.45) is 0. The summed E-state index contributed by atoms with van der Waals surface area (Å²) in [7, 11) is 0. The molecule has 0 saturated carbocycles.